The third-order valence-corrected chi connectivity index (χ3v) is 7.26. The first kappa shape index (κ1) is 25.7. The number of esters is 1. The van der Waals surface area contributed by atoms with E-state index in [9.17, 15) is 13.8 Å². The predicted octanol–water partition coefficient (Wildman–Crippen LogP) is 2.89. The second-order valence-corrected chi connectivity index (χ2v) is 9.93. The highest BCUT2D eigenvalue weighted by molar-refractivity contribution is 7.84. The molecule has 8 heteroatoms. The van der Waals surface area contributed by atoms with Crippen molar-refractivity contribution in [1.29, 1.82) is 0 Å². The Balaban J connectivity index is 1.61. The molecule has 3 rings (SSSR count). The maximum atomic E-state index is 13.0. The minimum atomic E-state index is -1.01. The Labute approximate surface area is 198 Å². The Hall–Kier alpha value is -1.87. The van der Waals surface area contributed by atoms with Gasteiger partial charge >= 0.3 is 5.97 Å². The number of hydrogen-bond donors (Lipinski definition) is 0. The van der Waals surface area contributed by atoms with Crippen LogP contribution >= 0.6 is 0 Å². The Morgan fingerprint density at radius 3 is 2.61 bits per heavy atom. The maximum Gasteiger partial charge on any atom is 0.305 e. The highest BCUT2D eigenvalue weighted by Crippen LogP contribution is 2.34. The van der Waals surface area contributed by atoms with Crippen LogP contribution in [0.4, 0.5) is 0 Å². The average Bonchev–Trinajstić information content (AvgIpc) is 3.15. The largest absolute Gasteiger partial charge is 0.469 e. The number of allylic oxidation sites excluding steroid dienone is 2. The molecule has 1 unspecified atom stereocenters. The van der Waals surface area contributed by atoms with Crippen LogP contribution in [0.1, 0.15) is 37.7 Å². The Morgan fingerprint density at radius 1 is 1.21 bits per heavy atom. The van der Waals surface area contributed by atoms with E-state index in [0.717, 1.165) is 42.8 Å². The number of hydrogen-bond acceptors (Lipinski definition) is 7. The summed E-state index contributed by atoms with van der Waals surface area (Å²) < 4.78 is 28.0. The van der Waals surface area contributed by atoms with Crippen LogP contribution in [-0.2, 0) is 41.2 Å². The molecule has 7 nitrogen and oxygen atoms in total. The lowest BCUT2D eigenvalue weighted by molar-refractivity contribution is -0.140. The average molecular weight is 478 g/mol. The van der Waals surface area contributed by atoms with Crippen molar-refractivity contribution in [3.63, 3.8) is 0 Å². The second-order valence-electron chi connectivity index (χ2n) is 8.55. The van der Waals surface area contributed by atoms with Crippen LogP contribution in [0.2, 0.25) is 0 Å². The minimum absolute atomic E-state index is 0.0786. The van der Waals surface area contributed by atoms with Crippen LogP contribution in [0.15, 0.2) is 41.3 Å². The first-order valence-electron chi connectivity index (χ1n) is 11.6. The zero-order valence-electron chi connectivity index (χ0n) is 19.6. The van der Waals surface area contributed by atoms with Gasteiger partial charge in [-0.2, -0.15) is 0 Å². The molecule has 1 saturated heterocycles. The van der Waals surface area contributed by atoms with E-state index in [0.29, 0.717) is 32.7 Å². The number of rotatable bonds is 11. The molecule has 0 spiro atoms. The van der Waals surface area contributed by atoms with Crippen LogP contribution in [-0.4, -0.2) is 72.7 Å². The molecule has 0 amide bonds. The van der Waals surface area contributed by atoms with E-state index < -0.39 is 10.8 Å². The van der Waals surface area contributed by atoms with Crippen LogP contribution in [0, 0.1) is 5.92 Å². The normalized spacial score (nSPS) is 24.9. The smallest absolute Gasteiger partial charge is 0.305 e. The molecular weight excluding hydrogens is 442 g/mol. The van der Waals surface area contributed by atoms with Gasteiger partial charge in [0.05, 0.1) is 39.1 Å². The van der Waals surface area contributed by atoms with Gasteiger partial charge in [0.15, 0.2) is 5.78 Å². The topological polar surface area (TPSA) is 82.1 Å². The maximum absolute atomic E-state index is 13.0. The molecule has 2 aliphatic rings. The van der Waals surface area contributed by atoms with Crippen LogP contribution in [0.3, 0.4) is 0 Å². The van der Waals surface area contributed by atoms with Gasteiger partial charge < -0.3 is 14.2 Å². The lowest BCUT2D eigenvalue weighted by Crippen LogP contribution is -2.49. The van der Waals surface area contributed by atoms with Gasteiger partial charge in [0.25, 0.3) is 0 Å². The summed E-state index contributed by atoms with van der Waals surface area (Å²) >= 11 is 0. The first-order chi connectivity index (χ1) is 16.0. The number of unbranched alkanes of at least 4 members (excludes halogenated alkanes) is 1. The van der Waals surface area contributed by atoms with Crippen LogP contribution < -0.4 is 0 Å². The van der Waals surface area contributed by atoms with Crippen LogP contribution in [0.25, 0.3) is 0 Å². The molecule has 1 heterocycles. The first-order valence-corrected chi connectivity index (χ1v) is 13.2. The zero-order valence-corrected chi connectivity index (χ0v) is 20.4. The summed E-state index contributed by atoms with van der Waals surface area (Å²) in [5.41, 5.74) is 1.00. The summed E-state index contributed by atoms with van der Waals surface area (Å²) in [7, 11) is 0.397. The van der Waals surface area contributed by atoms with E-state index in [-0.39, 0.29) is 29.8 Å². The van der Waals surface area contributed by atoms with Crippen LogP contribution in [0.5, 0.6) is 0 Å². The summed E-state index contributed by atoms with van der Waals surface area (Å²) in [4.78, 5) is 27.3. The summed E-state index contributed by atoms with van der Waals surface area (Å²) in [6.07, 6.45) is 8.85. The van der Waals surface area contributed by atoms with Crippen molar-refractivity contribution in [3.8, 4) is 0 Å². The lowest BCUT2D eigenvalue weighted by Gasteiger charge is -2.35. The fraction of sp³-hybridized carbons (Fsp3) is 0.600. The Morgan fingerprint density at radius 2 is 1.94 bits per heavy atom. The third kappa shape index (κ3) is 7.57. The zero-order chi connectivity index (χ0) is 23.6. The highest BCUT2D eigenvalue weighted by atomic mass is 32.2. The molecule has 182 valence electrons. The SMILES string of the molecule is COC(=O)CCCC=CC[C@H]1[C@@H](OCc2ccc(S(C)=O)cc2)CC(=O)[C@@H]1N1CCOCC1. The third-order valence-electron chi connectivity index (χ3n) is 6.33. The predicted molar refractivity (Wildman–Crippen MR) is 126 cm³/mol. The molecule has 0 aromatic heterocycles. The van der Waals surface area contributed by atoms with E-state index in [1.165, 1.54) is 7.11 Å². The lowest BCUT2D eigenvalue weighted by atomic mass is 9.95. The van der Waals surface area contributed by atoms with E-state index in [4.69, 9.17) is 9.47 Å². The monoisotopic (exact) mass is 477 g/mol. The van der Waals surface area contributed by atoms with Gasteiger partial charge in [0.1, 0.15) is 0 Å². The van der Waals surface area contributed by atoms with E-state index >= 15 is 0 Å². The summed E-state index contributed by atoms with van der Waals surface area (Å²) in [6, 6.07) is 7.44. The van der Waals surface area contributed by atoms with Crippen molar-refractivity contribution in [2.24, 2.45) is 5.92 Å². The number of nitrogens with zero attached hydrogens (tertiary/aromatic N) is 1. The number of methoxy groups -OCH3 is 1. The molecule has 1 saturated carbocycles. The number of carbonyl (C=O) groups excluding carboxylic acids is 2. The standard InChI is InChI=1S/C25H35NO6S/c1-30-24(28)8-6-4-3-5-7-21-23(17-22(27)25(21)26-13-15-31-16-14-26)32-18-19-9-11-20(12-10-19)33(2)29/h3,5,9-12,21,23,25H,4,6-8,13-18H2,1-2H3/t21-,23-,25+,33?/m0/s1. The summed E-state index contributed by atoms with van der Waals surface area (Å²) in [5.74, 6) is 0.126. The number of carbonyl (C=O) groups is 2. The van der Waals surface area contributed by atoms with Crippen molar-refractivity contribution in [2.45, 2.75) is 55.8 Å². The quantitative estimate of drug-likeness (QED) is 0.275. The van der Waals surface area contributed by atoms with Crippen molar-refractivity contribution in [2.75, 3.05) is 39.7 Å². The van der Waals surface area contributed by atoms with Gasteiger partial charge in [-0.05, 0) is 37.0 Å². The fourth-order valence-corrected chi connectivity index (χ4v) is 5.04. The number of morpholine rings is 1. The van der Waals surface area contributed by atoms with Crippen molar-refractivity contribution in [1.82, 2.24) is 4.90 Å². The molecule has 1 aromatic carbocycles. The molecule has 1 aliphatic carbocycles. The molecule has 1 aromatic rings. The van der Waals surface area contributed by atoms with Gasteiger partial charge in [0.2, 0.25) is 0 Å². The highest BCUT2D eigenvalue weighted by Gasteiger charge is 2.45. The molecule has 0 radical (unpaired) electrons. The molecule has 33 heavy (non-hydrogen) atoms. The van der Waals surface area contributed by atoms with Crippen molar-refractivity contribution >= 4 is 22.6 Å². The number of Topliss-reactive ketones (excluding diaryl/α,β-unsaturated/α-hetero) is 1. The van der Waals surface area contributed by atoms with Gasteiger partial charge in [-0.3, -0.25) is 18.7 Å². The second kappa shape index (κ2) is 13.1. The minimum Gasteiger partial charge on any atom is -0.469 e. The molecule has 1 aliphatic heterocycles. The Bertz CT molecular complexity index is 834. The van der Waals surface area contributed by atoms with Gasteiger partial charge in [-0.15, -0.1) is 0 Å². The van der Waals surface area contributed by atoms with Crippen molar-refractivity contribution in [3.05, 3.63) is 42.0 Å². The van der Waals surface area contributed by atoms with Gasteiger partial charge in [-0.1, -0.05) is 24.3 Å². The summed E-state index contributed by atoms with van der Waals surface area (Å²) in [6.45, 7) is 3.24. The van der Waals surface area contributed by atoms with E-state index in [1.54, 1.807) is 6.26 Å². The molecule has 2 fully saturated rings. The van der Waals surface area contributed by atoms with Gasteiger partial charge in [-0.25, -0.2) is 0 Å². The van der Waals surface area contributed by atoms with Crippen molar-refractivity contribution < 1.29 is 28.0 Å². The molecular formula is C25H35NO6S. The fourth-order valence-electron chi connectivity index (χ4n) is 4.52. The van der Waals surface area contributed by atoms with Gasteiger partial charge in [0, 0.05) is 53.8 Å². The number of ether oxygens (including phenoxy) is 3. The molecule has 0 N–H and O–H groups in total. The molecule has 4 atom stereocenters. The van der Waals surface area contributed by atoms with E-state index in [2.05, 4.69) is 21.8 Å². The Kier molecular flexibility index (Phi) is 10.2. The van der Waals surface area contributed by atoms with E-state index in [1.807, 2.05) is 24.3 Å². The summed E-state index contributed by atoms with van der Waals surface area (Å²) in [5, 5.41) is 0. The number of ketones is 1. The number of benzene rings is 1. The molecule has 0 bridgehead atoms.